The predicted molar refractivity (Wildman–Crippen MR) is 119 cm³/mol. The smallest absolute Gasteiger partial charge is 0.348 e. The van der Waals surface area contributed by atoms with E-state index in [1.807, 2.05) is 31.2 Å². The Morgan fingerprint density at radius 3 is 2.55 bits per heavy atom. The van der Waals surface area contributed by atoms with Crippen LogP contribution in [0.4, 0.5) is 5.00 Å². The second-order valence-corrected chi connectivity index (χ2v) is 8.24. The minimum Gasteiger partial charge on any atom is -0.462 e. The molecule has 31 heavy (non-hydrogen) atoms. The highest BCUT2D eigenvalue weighted by molar-refractivity contribution is 7.18. The number of imidazole rings is 1. The zero-order chi connectivity index (χ0) is 22.7. The Morgan fingerprint density at radius 1 is 1.16 bits per heavy atom. The van der Waals surface area contributed by atoms with Crippen LogP contribution in [0.2, 0.25) is 0 Å². The number of ether oxygens (including phenoxy) is 2. The van der Waals surface area contributed by atoms with Crippen molar-refractivity contribution in [3.8, 4) is 0 Å². The van der Waals surface area contributed by atoms with Crippen LogP contribution in [0.25, 0.3) is 11.0 Å². The number of aromatic nitrogens is 2. The summed E-state index contributed by atoms with van der Waals surface area (Å²) in [6, 6.07) is 7.54. The molecule has 0 fully saturated rings. The fourth-order valence-corrected chi connectivity index (χ4v) is 4.31. The maximum Gasteiger partial charge on any atom is 0.348 e. The van der Waals surface area contributed by atoms with E-state index in [-0.39, 0.29) is 40.6 Å². The van der Waals surface area contributed by atoms with Crippen molar-refractivity contribution in [2.24, 2.45) is 0 Å². The van der Waals surface area contributed by atoms with Crippen molar-refractivity contribution in [3.63, 3.8) is 0 Å². The average molecular weight is 444 g/mol. The minimum absolute atomic E-state index is 0.0112. The van der Waals surface area contributed by atoms with E-state index in [4.69, 9.17) is 9.47 Å². The Kier molecular flexibility index (Phi) is 6.74. The standard InChI is InChI=1S/C22H25N3O5S/c1-6-29-21(27)18-13(4)19(22(28)30-12(2)3)31-20(18)24-17(26)11-25-14(5)23-15-9-7-8-10-16(15)25/h7-10,12H,6,11H2,1-5H3,(H,24,26). The molecular weight excluding hydrogens is 418 g/mol. The molecule has 164 valence electrons. The maximum absolute atomic E-state index is 12.9. The Labute approximate surface area is 184 Å². The van der Waals surface area contributed by atoms with Gasteiger partial charge in [-0.25, -0.2) is 14.6 Å². The molecule has 9 heteroatoms. The molecule has 0 aliphatic carbocycles. The third-order valence-electron chi connectivity index (χ3n) is 4.55. The number of fused-ring (bicyclic) bond motifs is 1. The summed E-state index contributed by atoms with van der Waals surface area (Å²) in [4.78, 5) is 42.6. The summed E-state index contributed by atoms with van der Waals surface area (Å²) in [6.45, 7) is 8.83. The van der Waals surface area contributed by atoms with Gasteiger partial charge in [0.05, 0.1) is 29.3 Å². The highest BCUT2D eigenvalue weighted by Gasteiger charge is 2.28. The van der Waals surface area contributed by atoms with Crippen molar-refractivity contribution in [2.75, 3.05) is 11.9 Å². The Morgan fingerprint density at radius 2 is 1.87 bits per heavy atom. The van der Waals surface area contributed by atoms with E-state index in [0.717, 1.165) is 22.4 Å². The highest BCUT2D eigenvalue weighted by atomic mass is 32.1. The number of hydrogen-bond acceptors (Lipinski definition) is 7. The van der Waals surface area contributed by atoms with Crippen molar-refractivity contribution in [3.05, 3.63) is 46.1 Å². The van der Waals surface area contributed by atoms with Gasteiger partial charge in [-0.2, -0.15) is 0 Å². The molecule has 0 aliphatic heterocycles. The van der Waals surface area contributed by atoms with Crippen LogP contribution in [0.1, 0.15) is 52.2 Å². The van der Waals surface area contributed by atoms with Crippen molar-refractivity contribution < 1.29 is 23.9 Å². The molecule has 2 heterocycles. The summed E-state index contributed by atoms with van der Waals surface area (Å²) in [7, 11) is 0. The lowest BCUT2D eigenvalue weighted by atomic mass is 10.1. The largest absolute Gasteiger partial charge is 0.462 e. The molecule has 0 atom stereocenters. The molecule has 0 aliphatic rings. The summed E-state index contributed by atoms with van der Waals surface area (Å²) in [5.74, 6) is -0.785. The van der Waals surface area contributed by atoms with Gasteiger partial charge in [0.1, 0.15) is 22.2 Å². The van der Waals surface area contributed by atoms with E-state index < -0.39 is 11.9 Å². The summed E-state index contributed by atoms with van der Waals surface area (Å²) >= 11 is 1.01. The van der Waals surface area contributed by atoms with Crippen LogP contribution in [0.15, 0.2) is 24.3 Å². The number of nitrogens with one attached hydrogen (secondary N) is 1. The first-order valence-electron chi connectivity index (χ1n) is 9.96. The van der Waals surface area contributed by atoms with Gasteiger partial charge in [-0.3, -0.25) is 4.79 Å². The number of thiophene rings is 1. The van der Waals surface area contributed by atoms with Crippen LogP contribution in [0.5, 0.6) is 0 Å². The molecule has 0 spiro atoms. The van der Waals surface area contributed by atoms with Gasteiger partial charge in [0, 0.05) is 0 Å². The molecule has 2 aromatic heterocycles. The first-order chi connectivity index (χ1) is 14.7. The molecule has 0 bridgehead atoms. The van der Waals surface area contributed by atoms with E-state index in [2.05, 4.69) is 10.3 Å². The summed E-state index contributed by atoms with van der Waals surface area (Å²) < 4.78 is 12.2. The Balaban J connectivity index is 1.91. The number of rotatable bonds is 7. The van der Waals surface area contributed by atoms with Gasteiger partial charge in [-0.15, -0.1) is 11.3 Å². The SMILES string of the molecule is CCOC(=O)c1c(NC(=O)Cn2c(C)nc3ccccc32)sc(C(=O)OC(C)C)c1C. The quantitative estimate of drug-likeness (QED) is 0.552. The van der Waals surface area contributed by atoms with E-state index in [0.29, 0.717) is 11.4 Å². The number of carbonyl (C=O) groups is 3. The number of carbonyl (C=O) groups excluding carboxylic acids is 3. The Bertz CT molecular complexity index is 1150. The topological polar surface area (TPSA) is 99.5 Å². The van der Waals surface area contributed by atoms with Gasteiger partial charge < -0.3 is 19.4 Å². The van der Waals surface area contributed by atoms with Gasteiger partial charge >= 0.3 is 11.9 Å². The van der Waals surface area contributed by atoms with Crippen LogP contribution in [0.3, 0.4) is 0 Å². The molecule has 8 nitrogen and oxygen atoms in total. The van der Waals surface area contributed by atoms with Gasteiger partial charge in [0.15, 0.2) is 0 Å². The van der Waals surface area contributed by atoms with Crippen molar-refractivity contribution in [1.29, 1.82) is 0 Å². The fraction of sp³-hybridized carbons (Fsp3) is 0.364. The number of aryl methyl sites for hydroxylation is 1. The molecule has 0 saturated carbocycles. The molecule has 0 saturated heterocycles. The number of hydrogen-bond donors (Lipinski definition) is 1. The lowest BCUT2D eigenvalue weighted by Crippen LogP contribution is -2.20. The number of nitrogens with zero attached hydrogens (tertiary/aromatic N) is 2. The summed E-state index contributed by atoms with van der Waals surface area (Å²) in [5, 5.41) is 3.03. The van der Waals surface area contributed by atoms with E-state index in [1.165, 1.54) is 0 Å². The molecule has 1 aromatic carbocycles. The lowest BCUT2D eigenvalue weighted by Gasteiger charge is -2.09. The first kappa shape index (κ1) is 22.5. The van der Waals surface area contributed by atoms with Crippen LogP contribution in [-0.2, 0) is 20.8 Å². The zero-order valence-corrected chi connectivity index (χ0v) is 19.0. The molecule has 3 rings (SSSR count). The summed E-state index contributed by atoms with van der Waals surface area (Å²) in [5.41, 5.74) is 2.23. The number of para-hydroxylation sites is 2. The van der Waals surface area contributed by atoms with Crippen LogP contribution < -0.4 is 5.32 Å². The lowest BCUT2D eigenvalue weighted by molar-refractivity contribution is -0.116. The molecular formula is C22H25N3O5S. The number of benzene rings is 1. The number of anilines is 1. The minimum atomic E-state index is -0.598. The van der Waals surface area contributed by atoms with Crippen molar-refractivity contribution >= 4 is 45.2 Å². The normalized spacial score (nSPS) is 11.0. The third kappa shape index (κ3) is 4.77. The summed E-state index contributed by atoms with van der Waals surface area (Å²) in [6.07, 6.45) is -0.310. The second-order valence-electron chi connectivity index (χ2n) is 7.22. The molecule has 0 radical (unpaired) electrons. The van der Waals surface area contributed by atoms with Crippen LogP contribution in [0, 0.1) is 13.8 Å². The predicted octanol–water partition coefficient (Wildman–Crippen LogP) is 4.10. The van der Waals surface area contributed by atoms with Gasteiger partial charge in [0.2, 0.25) is 5.91 Å². The molecule has 1 N–H and O–H groups in total. The van der Waals surface area contributed by atoms with E-state index in [9.17, 15) is 14.4 Å². The van der Waals surface area contributed by atoms with Gasteiger partial charge in [0.25, 0.3) is 0 Å². The van der Waals surface area contributed by atoms with Gasteiger partial charge in [-0.1, -0.05) is 12.1 Å². The molecule has 0 unspecified atom stereocenters. The maximum atomic E-state index is 12.9. The van der Waals surface area contributed by atoms with Crippen LogP contribution >= 0.6 is 11.3 Å². The zero-order valence-electron chi connectivity index (χ0n) is 18.1. The molecule has 1 amide bonds. The molecule has 3 aromatic rings. The van der Waals surface area contributed by atoms with Crippen molar-refractivity contribution in [1.82, 2.24) is 9.55 Å². The Hall–Kier alpha value is -3.20. The second kappa shape index (κ2) is 9.30. The third-order valence-corrected chi connectivity index (χ3v) is 5.74. The van der Waals surface area contributed by atoms with E-state index >= 15 is 0 Å². The van der Waals surface area contributed by atoms with Crippen molar-refractivity contribution in [2.45, 2.75) is 47.3 Å². The van der Waals surface area contributed by atoms with E-state index in [1.54, 1.807) is 32.3 Å². The van der Waals surface area contributed by atoms with Crippen LogP contribution in [-0.4, -0.2) is 40.1 Å². The fourth-order valence-electron chi connectivity index (χ4n) is 3.22. The number of amides is 1. The number of esters is 2. The van der Waals surface area contributed by atoms with Gasteiger partial charge in [-0.05, 0) is 52.3 Å². The first-order valence-corrected chi connectivity index (χ1v) is 10.8. The monoisotopic (exact) mass is 443 g/mol. The highest BCUT2D eigenvalue weighted by Crippen LogP contribution is 2.34. The average Bonchev–Trinajstić information content (AvgIpc) is 3.18.